The van der Waals surface area contributed by atoms with E-state index in [1.54, 1.807) is 5.49 Å². The molecule has 19 heavy (non-hydrogen) atoms. The summed E-state index contributed by atoms with van der Waals surface area (Å²) in [5.41, 5.74) is 4.38. The summed E-state index contributed by atoms with van der Waals surface area (Å²) >= 11 is 5.11. The summed E-state index contributed by atoms with van der Waals surface area (Å²) in [6, 6.07) is 8.75. The third-order valence-electron chi connectivity index (χ3n) is 4.15. The Kier molecular flexibility index (Phi) is 5.54. The zero-order chi connectivity index (χ0) is 14.6. The summed E-state index contributed by atoms with van der Waals surface area (Å²) in [6.07, 6.45) is 0. The molecule has 0 unspecified atom stereocenters. The first-order chi connectivity index (χ1) is 8.87. The molecule has 2 heteroatoms. The van der Waals surface area contributed by atoms with Gasteiger partial charge in [0.15, 0.2) is 0 Å². The van der Waals surface area contributed by atoms with Gasteiger partial charge in [-0.15, -0.1) is 0 Å². The second-order valence-electron chi connectivity index (χ2n) is 6.18. The largest absolute Gasteiger partial charge is 0.372 e. The van der Waals surface area contributed by atoms with E-state index in [1.165, 1.54) is 11.1 Å². The molecular formula is C17H27NS. The van der Waals surface area contributed by atoms with E-state index in [9.17, 15) is 0 Å². The van der Waals surface area contributed by atoms with Crippen LogP contribution in [-0.4, -0.2) is 5.49 Å². The van der Waals surface area contributed by atoms with Gasteiger partial charge in [0.2, 0.25) is 0 Å². The van der Waals surface area contributed by atoms with Crippen LogP contribution >= 0.6 is 12.2 Å². The molecule has 0 saturated heterocycles. The third-order valence-corrected chi connectivity index (χ3v) is 4.27. The van der Waals surface area contributed by atoms with Crippen LogP contribution in [-0.2, 0) is 5.54 Å². The smallest absolute Gasteiger partial charge is 0.0675 e. The first kappa shape index (κ1) is 16.2. The molecule has 0 spiro atoms. The Morgan fingerprint density at radius 1 is 1.00 bits per heavy atom. The summed E-state index contributed by atoms with van der Waals surface area (Å²) in [7, 11) is 0. The maximum absolute atomic E-state index is 5.11. The van der Waals surface area contributed by atoms with E-state index >= 15 is 0 Å². The molecule has 0 aromatic heterocycles. The molecular weight excluding hydrogens is 250 g/mol. The van der Waals surface area contributed by atoms with Crippen LogP contribution in [0.2, 0.25) is 0 Å². The SMILES string of the molecule is CC(C)c1ccccc1C(NC=S)(C(C)C)C(C)C. The van der Waals surface area contributed by atoms with Crippen molar-refractivity contribution in [3.8, 4) is 0 Å². The summed E-state index contributed by atoms with van der Waals surface area (Å²) < 4.78 is 0. The van der Waals surface area contributed by atoms with Gasteiger partial charge >= 0.3 is 0 Å². The number of benzene rings is 1. The van der Waals surface area contributed by atoms with Crippen LogP contribution < -0.4 is 5.32 Å². The lowest BCUT2D eigenvalue weighted by Crippen LogP contribution is -2.50. The lowest BCUT2D eigenvalue weighted by Gasteiger charge is -2.44. The minimum absolute atomic E-state index is 0.0946. The van der Waals surface area contributed by atoms with Crippen molar-refractivity contribution >= 4 is 17.7 Å². The Labute approximate surface area is 123 Å². The van der Waals surface area contributed by atoms with E-state index in [-0.39, 0.29) is 5.54 Å². The molecule has 106 valence electrons. The second kappa shape index (κ2) is 6.51. The molecule has 1 nitrogen and oxygen atoms in total. The zero-order valence-corrected chi connectivity index (χ0v) is 13.8. The van der Waals surface area contributed by atoms with Gasteiger partial charge in [0.25, 0.3) is 0 Å². The van der Waals surface area contributed by atoms with E-state index < -0.39 is 0 Å². The number of thiocarbonyl (C=S) groups is 1. The molecule has 1 aromatic carbocycles. The Balaban J connectivity index is 3.52. The average molecular weight is 277 g/mol. The van der Waals surface area contributed by atoms with Crippen molar-refractivity contribution in [3.05, 3.63) is 35.4 Å². The number of nitrogens with one attached hydrogen (secondary N) is 1. The monoisotopic (exact) mass is 277 g/mol. The fraction of sp³-hybridized carbons (Fsp3) is 0.588. The maximum Gasteiger partial charge on any atom is 0.0675 e. The molecule has 0 bridgehead atoms. The molecule has 0 atom stereocenters. The zero-order valence-electron chi connectivity index (χ0n) is 13.0. The summed E-state index contributed by atoms with van der Waals surface area (Å²) in [6.45, 7) is 13.6. The highest BCUT2D eigenvalue weighted by atomic mass is 32.1. The molecule has 0 aliphatic carbocycles. The molecule has 0 heterocycles. The van der Waals surface area contributed by atoms with Gasteiger partial charge in [-0.1, -0.05) is 78.0 Å². The third kappa shape index (κ3) is 3.00. The molecule has 1 aromatic rings. The van der Waals surface area contributed by atoms with Gasteiger partial charge < -0.3 is 5.32 Å². The van der Waals surface area contributed by atoms with Crippen LogP contribution in [0, 0.1) is 11.8 Å². The van der Waals surface area contributed by atoms with Crippen molar-refractivity contribution in [2.45, 2.75) is 53.0 Å². The minimum Gasteiger partial charge on any atom is -0.372 e. The van der Waals surface area contributed by atoms with Crippen LogP contribution in [0.25, 0.3) is 0 Å². The highest BCUT2D eigenvalue weighted by Crippen LogP contribution is 2.40. The number of hydrogen-bond donors (Lipinski definition) is 1. The highest BCUT2D eigenvalue weighted by Gasteiger charge is 2.39. The van der Waals surface area contributed by atoms with Gasteiger partial charge in [-0.05, 0) is 28.9 Å². The van der Waals surface area contributed by atoms with Crippen molar-refractivity contribution in [2.24, 2.45) is 11.8 Å². The van der Waals surface area contributed by atoms with Crippen LogP contribution in [0.15, 0.2) is 24.3 Å². The van der Waals surface area contributed by atoms with Gasteiger partial charge in [-0.3, -0.25) is 0 Å². The molecule has 0 aliphatic rings. The standard InChI is InChI=1S/C17H27NS/c1-12(2)15-9-7-8-10-16(15)17(13(3)4,14(5)6)18-11-19/h7-14H,1-6H3,(H,18,19). The Morgan fingerprint density at radius 2 is 1.53 bits per heavy atom. The molecule has 0 radical (unpaired) electrons. The molecule has 0 amide bonds. The van der Waals surface area contributed by atoms with Crippen molar-refractivity contribution < 1.29 is 0 Å². The van der Waals surface area contributed by atoms with Crippen molar-refractivity contribution in [2.75, 3.05) is 0 Å². The summed E-state index contributed by atoms with van der Waals surface area (Å²) in [5, 5.41) is 3.50. The van der Waals surface area contributed by atoms with Crippen LogP contribution in [0.3, 0.4) is 0 Å². The molecule has 0 saturated carbocycles. The molecule has 1 rings (SSSR count). The Hall–Kier alpha value is -0.890. The molecule has 0 aliphatic heterocycles. The normalized spacial score (nSPS) is 12.3. The Bertz CT molecular complexity index is 413. The van der Waals surface area contributed by atoms with E-state index in [0.717, 1.165) is 0 Å². The van der Waals surface area contributed by atoms with Gasteiger partial charge in [-0.25, -0.2) is 0 Å². The number of rotatable bonds is 6. The van der Waals surface area contributed by atoms with E-state index in [4.69, 9.17) is 12.2 Å². The van der Waals surface area contributed by atoms with Gasteiger partial charge in [0.05, 0.1) is 11.0 Å². The highest BCUT2D eigenvalue weighted by molar-refractivity contribution is 7.78. The average Bonchev–Trinajstić information content (AvgIpc) is 2.35. The first-order valence-corrected chi connectivity index (χ1v) is 7.65. The minimum atomic E-state index is -0.0946. The fourth-order valence-electron chi connectivity index (χ4n) is 3.17. The molecule has 0 fully saturated rings. The second-order valence-corrected chi connectivity index (χ2v) is 6.42. The predicted molar refractivity (Wildman–Crippen MR) is 88.7 cm³/mol. The lowest BCUT2D eigenvalue weighted by molar-refractivity contribution is 0.197. The fourth-order valence-corrected chi connectivity index (χ4v) is 3.37. The van der Waals surface area contributed by atoms with E-state index in [1.807, 2.05) is 0 Å². The van der Waals surface area contributed by atoms with Crippen LogP contribution in [0.5, 0.6) is 0 Å². The van der Waals surface area contributed by atoms with Crippen LogP contribution in [0.1, 0.15) is 58.6 Å². The topological polar surface area (TPSA) is 12.0 Å². The van der Waals surface area contributed by atoms with Gasteiger partial charge in [0.1, 0.15) is 0 Å². The predicted octanol–water partition coefficient (Wildman–Crippen LogP) is 4.86. The van der Waals surface area contributed by atoms with E-state index in [2.05, 4.69) is 71.1 Å². The van der Waals surface area contributed by atoms with Gasteiger partial charge in [-0.2, -0.15) is 0 Å². The van der Waals surface area contributed by atoms with Crippen molar-refractivity contribution in [3.63, 3.8) is 0 Å². The maximum atomic E-state index is 5.11. The van der Waals surface area contributed by atoms with Crippen molar-refractivity contribution in [1.82, 2.24) is 5.32 Å². The Morgan fingerprint density at radius 3 is 1.95 bits per heavy atom. The quantitative estimate of drug-likeness (QED) is 0.745. The summed E-state index contributed by atoms with van der Waals surface area (Å²) in [5.74, 6) is 1.44. The lowest BCUT2D eigenvalue weighted by atomic mass is 9.69. The summed E-state index contributed by atoms with van der Waals surface area (Å²) in [4.78, 5) is 0. The molecule has 1 N–H and O–H groups in total. The van der Waals surface area contributed by atoms with E-state index in [0.29, 0.717) is 17.8 Å². The van der Waals surface area contributed by atoms with Crippen molar-refractivity contribution in [1.29, 1.82) is 0 Å². The number of hydrogen-bond acceptors (Lipinski definition) is 1. The van der Waals surface area contributed by atoms with Crippen LogP contribution in [0.4, 0.5) is 0 Å². The van der Waals surface area contributed by atoms with Gasteiger partial charge in [0, 0.05) is 0 Å². The first-order valence-electron chi connectivity index (χ1n) is 7.18.